The maximum atomic E-state index is 12.8. The first-order chi connectivity index (χ1) is 15.7. The van der Waals surface area contributed by atoms with Crippen LogP contribution in [-0.4, -0.2) is 70.2 Å². The van der Waals surface area contributed by atoms with Crippen LogP contribution in [0.2, 0.25) is 0 Å². The molecule has 1 unspecified atom stereocenters. The van der Waals surface area contributed by atoms with Gasteiger partial charge in [-0.2, -0.15) is 4.99 Å². The highest BCUT2D eigenvalue weighted by atomic mass is 16.2. The molecule has 1 aromatic heterocycles. The van der Waals surface area contributed by atoms with E-state index in [1.54, 1.807) is 0 Å². The number of unbranched alkanes of at least 4 members (excludes halogenated alkanes) is 1. The Morgan fingerprint density at radius 1 is 1.24 bits per heavy atom. The number of aliphatic imine (C=N–C) groups is 1. The van der Waals surface area contributed by atoms with E-state index >= 15 is 0 Å². The van der Waals surface area contributed by atoms with Crippen molar-refractivity contribution in [1.82, 2.24) is 20.1 Å². The van der Waals surface area contributed by atoms with E-state index in [9.17, 15) is 4.79 Å². The number of carbonyl (C=O) groups is 1. The van der Waals surface area contributed by atoms with Crippen LogP contribution in [0.5, 0.6) is 0 Å². The van der Waals surface area contributed by atoms with Gasteiger partial charge >= 0.3 is 0 Å². The maximum absolute atomic E-state index is 12.8. The number of fused-ring (bicyclic) bond motifs is 1. The Balaban J connectivity index is 1.61. The van der Waals surface area contributed by atoms with Crippen LogP contribution in [0.4, 0.5) is 0 Å². The minimum atomic E-state index is -0.408. The Hall–Kier alpha value is -2.87. The van der Waals surface area contributed by atoms with Crippen molar-refractivity contribution < 1.29 is 4.79 Å². The quantitative estimate of drug-likeness (QED) is 0.397. The normalized spacial score (nSPS) is 16.7. The second kappa shape index (κ2) is 10.8. The lowest BCUT2D eigenvalue weighted by molar-refractivity contribution is -0.115. The fourth-order valence-electron chi connectivity index (χ4n) is 4.33. The third-order valence-corrected chi connectivity index (χ3v) is 6.37. The Morgan fingerprint density at radius 2 is 1.94 bits per heavy atom. The van der Waals surface area contributed by atoms with Crippen LogP contribution >= 0.6 is 0 Å². The Bertz CT molecular complexity index is 980. The average Bonchev–Trinajstić information content (AvgIpc) is 3.19. The number of aromatic amines is 1. The van der Waals surface area contributed by atoms with Gasteiger partial charge in [-0.15, -0.1) is 0 Å². The molecule has 1 aliphatic heterocycles. The lowest BCUT2D eigenvalue weighted by Gasteiger charge is -2.42. The van der Waals surface area contributed by atoms with Crippen LogP contribution in [-0.2, 0) is 11.2 Å². The van der Waals surface area contributed by atoms with Crippen LogP contribution in [0.1, 0.15) is 52.5 Å². The molecule has 0 spiro atoms. The van der Waals surface area contributed by atoms with Crippen LogP contribution in [0.3, 0.4) is 0 Å². The summed E-state index contributed by atoms with van der Waals surface area (Å²) in [5.41, 5.74) is 8.39. The van der Waals surface area contributed by atoms with Gasteiger partial charge in [-0.1, -0.05) is 38.0 Å². The van der Waals surface area contributed by atoms with Gasteiger partial charge in [0.15, 0.2) is 5.84 Å². The van der Waals surface area contributed by atoms with Gasteiger partial charge < -0.3 is 20.9 Å². The number of guanidine groups is 1. The second-order valence-corrected chi connectivity index (χ2v) is 9.84. The zero-order chi connectivity index (χ0) is 24.0. The predicted octanol–water partition coefficient (Wildman–Crippen LogP) is 3.09. The molecule has 0 aliphatic carbocycles. The monoisotopic (exact) mass is 453 g/mol. The molecule has 5 N–H and O–H groups in total. The number of nitrogens with one attached hydrogen (secondary N) is 3. The van der Waals surface area contributed by atoms with Crippen molar-refractivity contribution in [3.63, 3.8) is 0 Å². The fourth-order valence-corrected chi connectivity index (χ4v) is 4.33. The van der Waals surface area contributed by atoms with Crippen LogP contribution in [0.15, 0.2) is 35.5 Å². The highest BCUT2D eigenvalue weighted by Crippen LogP contribution is 2.20. The number of piperazine rings is 1. The van der Waals surface area contributed by atoms with Crippen molar-refractivity contribution in [2.24, 2.45) is 10.7 Å². The van der Waals surface area contributed by atoms with Crippen molar-refractivity contribution in [3.8, 4) is 0 Å². The van der Waals surface area contributed by atoms with Crippen molar-refractivity contribution in [2.45, 2.75) is 65.0 Å². The molecule has 2 aromatic rings. The molecule has 1 saturated heterocycles. The van der Waals surface area contributed by atoms with Gasteiger partial charge in [0.25, 0.3) is 5.91 Å². The second-order valence-electron chi connectivity index (χ2n) is 9.84. The summed E-state index contributed by atoms with van der Waals surface area (Å²) in [6.45, 7) is 11.8. The topological polar surface area (TPSA) is 114 Å². The first-order valence-corrected chi connectivity index (χ1v) is 12.0. The predicted molar refractivity (Wildman–Crippen MR) is 136 cm³/mol. The first-order valence-electron chi connectivity index (χ1n) is 12.0. The van der Waals surface area contributed by atoms with E-state index in [4.69, 9.17) is 11.1 Å². The number of hydrogen-bond acceptors (Lipinski definition) is 3. The largest absolute Gasteiger partial charge is 0.379 e. The Morgan fingerprint density at radius 3 is 2.61 bits per heavy atom. The average molecular weight is 454 g/mol. The standard InChI is InChI=1S/C25H39N7O/c1-5-6-9-19(16-18-17-28-21-11-8-7-10-20(18)21)29-23(33)22(26)30-24(27)31-12-14-32(15-13-31)25(2,3)4/h7-8,10-11,17,19,28H,5-6,9,12-16H2,1-4H3,(H,29,33)(H3,26,27,30). The fraction of sp³-hybridized carbons (Fsp3) is 0.560. The van der Waals surface area contributed by atoms with Crippen LogP contribution in [0, 0.1) is 5.41 Å². The first kappa shape index (κ1) is 24.8. The molecular formula is C25H39N7O. The molecule has 180 valence electrons. The third kappa shape index (κ3) is 6.57. The summed E-state index contributed by atoms with van der Waals surface area (Å²) in [5, 5.41) is 12.6. The van der Waals surface area contributed by atoms with Gasteiger partial charge in [-0.3, -0.25) is 15.1 Å². The molecule has 3 rings (SSSR count). The summed E-state index contributed by atoms with van der Waals surface area (Å²) in [5.74, 6) is -0.509. The van der Waals surface area contributed by atoms with Gasteiger partial charge in [0.2, 0.25) is 5.96 Å². The number of nitrogens with zero attached hydrogens (tertiary/aromatic N) is 3. The smallest absolute Gasteiger partial charge is 0.286 e. The Labute approximate surface area is 197 Å². The van der Waals surface area contributed by atoms with Gasteiger partial charge in [0.05, 0.1) is 0 Å². The molecule has 1 aromatic carbocycles. The molecule has 8 nitrogen and oxygen atoms in total. The molecule has 2 heterocycles. The molecule has 1 atom stereocenters. The summed E-state index contributed by atoms with van der Waals surface area (Å²) in [7, 11) is 0. The molecule has 1 amide bonds. The minimum absolute atomic E-state index is 0.0464. The number of aromatic nitrogens is 1. The number of benzene rings is 1. The molecule has 0 saturated carbocycles. The van der Waals surface area contributed by atoms with Crippen LogP contribution in [0.25, 0.3) is 10.9 Å². The van der Waals surface area contributed by atoms with Crippen LogP contribution < -0.4 is 11.1 Å². The number of nitrogens with two attached hydrogens (primary N) is 1. The van der Waals surface area contributed by atoms with E-state index < -0.39 is 5.91 Å². The van der Waals surface area contributed by atoms with Crippen molar-refractivity contribution >= 4 is 28.6 Å². The van der Waals surface area contributed by atoms with Crippen molar-refractivity contribution in [2.75, 3.05) is 26.2 Å². The van der Waals surface area contributed by atoms with Gasteiger partial charge in [0.1, 0.15) is 0 Å². The summed E-state index contributed by atoms with van der Waals surface area (Å²) < 4.78 is 0. The number of amidine groups is 1. The SMILES string of the molecule is CCCCC(Cc1c[nH]c2ccccc12)NC(=O)C(N)=NC(=N)N1CCN(C(C)(C)C)CC1. The molecule has 0 radical (unpaired) electrons. The molecule has 1 aliphatic rings. The number of para-hydroxylation sites is 1. The summed E-state index contributed by atoms with van der Waals surface area (Å²) in [4.78, 5) is 24.5. The molecule has 8 heteroatoms. The van der Waals surface area contributed by atoms with E-state index in [0.717, 1.165) is 44.3 Å². The molecule has 33 heavy (non-hydrogen) atoms. The van der Waals surface area contributed by atoms with Gasteiger partial charge in [0, 0.05) is 54.9 Å². The number of amides is 1. The summed E-state index contributed by atoms with van der Waals surface area (Å²) in [6, 6.07) is 8.13. The van der Waals surface area contributed by atoms with Gasteiger partial charge in [-0.25, -0.2) is 0 Å². The zero-order valence-electron chi connectivity index (χ0n) is 20.4. The number of hydrogen-bond donors (Lipinski definition) is 4. The molecular weight excluding hydrogens is 414 g/mol. The minimum Gasteiger partial charge on any atom is -0.379 e. The highest BCUT2D eigenvalue weighted by molar-refractivity contribution is 6.38. The lowest BCUT2D eigenvalue weighted by atomic mass is 10.0. The third-order valence-electron chi connectivity index (χ3n) is 6.37. The van der Waals surface area contributed by atoms with E-state index in [1.807, 2.05) is 23.2 Å². The van der Waals surface area contributed by atoms with E-state index in [2.05, 4.69) is 60.0 Å². The number of carbonyl (C=O) groups excluding carboxylic acids is 1. The van der Waals surface area contributed by atoms with Gasteiger partial charge in [-0.05, 0) is 45.2 Å². The molecule has 1 fully saturated rings. The number of H-pyrrole nitrogens is 1. The lowest BCUT2D eigenvalue weighted by Crippen LogP contribution is -2.54. The van der Waals surface area contributed by atoms with E-state index in [0.29, 0.717) is 13.1 Å². The zero-order valence-corrected chi connectivity index (χ0v) is 20.4. The highest BCUT2D eigenvalue weighted by Gasteiger charge is 2.27. The molecule has 0 bridgehead atoms. The van der Waals surface area contributed by atoms with E-state index in [-0.39, 0.29) is 23.4 Å². The van der Waals surface area contributed by atoms with E-state index in [1.165, 1.54) is 10.9 Å². The summed E-state index contributed by atoms with van der Waals surface area (Å²) >= 11 is 0. The Kier molecular flexibility index (Phi) is 8.13. The number of rotatable bonds is 6. The van der Waals surface area contributed by atoms with Crippen molar-refractivity contribution in [1.29, 1.82) is 5.41 Å². The maximum Gasteiger partial charge on any atom is 0.286 e. The van der Waals surface area contributed by atoms with Crippen molar-refractivity contribution in [3.05, 3.63) is 36.0 Å². The summed E-state index contributed by atoms with van der Waals surface area (Å²) in [6.07, 6.45) is 5.66.